The molecule has 0 saturated carbocycles. The van der Waals surface area contributed by atoms with Crippen LogP contribution in [0.2, 0.25) is 0 Å². The van der Waals surface area contributed by atoms with Gasteiger partial charge in [0.15, 0.2) is 0 Å². The van der Waals surface area contributed by atoms with Gasteiger partial charge < -0.3 is 30.5 Å². The van der Waals surface area contributed by atoms with Crippen molar-refractivity contribution in [2.45, 2.75) is 30.8 Å². The summed E-state index contributed by atoms with van der Waals surface area (Å²) in [4.78, 5) is 22.7. The zero-order valence-corrected chi connectivity index (χ0v) is 11.3. The van der Waals surface area contributed by atoms with Crippen LogP contribution in [0.5, 0.6) is 0 Å². The molecule has 1 aromatic rings. The highest BCUT2D eigenvalue weighted by Crippen LogP contribution is 2.05. The molecule has 0 unspecified atom stereocenters. The zero-order chi connectivity index (χ0) is 15.8. The molecule has 1 rings (SSSR count). The number of hydrogen-bond acceptors (Lipinski definition) is 6. The Hall–Kier alpha value is -1.80. The van der Waals surface area contributed by atoms with Crippen LogP contribution >= 0.6 is 0 Å². The van der Waals surface area contributed by atoms with Crippen LogP contribution in [0.4, 0.5) is 0 Å². The van der Waals surface area contributed by atoms with Gasteiger partial charge >= 0.3 is 0 Å². The lowest BCUT2D eigenvalue weighted by molar-refractivity contribution is -0.130. The molecule has 7 heteroatoms. The average molecular weight is 297 g/mol. The molecule has 21 heavy (non-hydrogen) atoms. The van der Waals surface area contributed by atoms with Gasteiger partial charge in [-0.2, -0.15) is 0 Å². The lowest BCUT2D eigenvalue weighted by Gasteiger charge is -2.26. The molecular formula is C14H19NO6. The summed E-state index contributed by atoms with van der Waals surface area (Å²) in [5.74, 6) is -0.511. The first-order valence-electron chi connectivity index (χ1n) is 6.43. The van der Waals surface area contributed by atoms with Crippen LogP contribution in [0.3, 0.4) is 0 Å². The molecule has 7 nitrogen and oxygen atoms in total. The lowest BCUT2D eigenvalue weighted by Crippen LogP contribution is -2.53. The summed E-state index contributed by atoms with van der Waals surface area (Å²) in [6, 6.07) is 7.40. The van der Waals surface area contributed by atoms with Gasteiger partial charge in [0.1, 0.15) is 30.6 Å². The highest BCUT2D eigenvalue weighted by molar-refractivity contribution is 5.81. The van der Waals surface area contributed by atoms with E-state index in [1.165, 1.54) is 0 Å². The predicted molar refractivity (Wildman–Crippen MR) is 73.2 cm³/mol. The second-order valence-electron chi connectivity index (χ2n) is 4.62. The summed E-state index contributed by atoms with van der Waals surface area (Å²) in [6.45, 7) is -0.776. The molecular weight excluding hydrogens is 278 g/mol. The summed E-state index contributed by atoms with van der Waals surface area (Å²) in [5.41, 5.74) is 0.727. The van der Waals surface area contributed by atoms with E-state index in [0.717, 1.165) is 5.56 Å². The van der Waals surface area contributed by atoms with Crippen LogP contribution in [0.15, 0.2) is 30.3 Å². The number of hydrogen-bond donors (Lipinski definition) is 5. The van der Waals surface area contributed by atoms with Gasteiger partial charge in [0.2, 0.25) is 5.91 Å². The Morgan fingerprint density at radius 2 is 1.76 bits per heavy atom. The van der Waals surface area contributed by atoms with Gasteiger partial charge in [-0.1, -0.05) is 30.3 Å². The maximum Gasteiger partial charge on any atom is 0.225 e. The fourth-order valence-corrected chi connectivity index (χ4v) is 1.77. The molecule has 0 fully saturated rings. The molecule has 116 valence electrons. The van der Waals surface area contributed by atoms with E-state index in [-0.39, 0.29) is 12.7 Å². The van der Waals surface area contributed by atoms with E-state index in [0.29, 0.717) is 0 Å². The molecule has 0 aliphatic carbocycles. The molecule has 1 amide bonds. The Balaban J connectivity index is 2.60. The van der Waals surface area contributed by atoms with Crippen LogP contribution in [0, 0.1) is 0 Å². The second-order valence-corrected chi connectivity index (χ2v) is 4.62. The number of carbonyl (C=O) groups is 2. The normalized spacial score (nSPS) is 16.6. The van der Waals surface area contributed by atoms with Crippen LogP contribution in [-0.2, 0) is 16.0 Å². The minimum Gasteiger partial charge on any atom is -0.394 e. The molecule has 1 aromatic carbocycles. The first-order chi connectivity index (χ1) is 9.99. The standard InChI is InChI=1S/C14H19NO6/c16-7-10(13(20)14(21)11(18)8-17)15-12(19)6-9-4-2-1-3-5-9/h1-5,7,10-11,13-14,17-18,20-21H,6,8H2,(H,15,19)/t10-,11-,13-,14-/m1/s1. The molecule has 0 heterocycles. The van der Waals surface area contributed by atoms with Gasteiger partial charge in [-0.15, -0.1) is 0 Å². The highest BCUT2D eigenvalue weighted by atomic mass is 16.4. The van der Waals surface area contributed by atoms with E-state index >= 15 is 0 Å². The van der Waals surface area contributed by atoms with Crippen molar-refractivity contribution >= 4 is 12.2 Å². The van der Waals surface area contributed by atoms with Crippen LogP contribution in [-0.4, -0.2) is 63.6 Å². The molecule has 5 N–H and O–H groups in total. The third-order valence-corrected chi connectivity index (χ3v) is 2.98. The van der Waals surface area contributed by atoms with Gasteiger partial charge in [-0.3, -0.25) is 4.79 Å². The molecule has 0 aliphatic rings. The number of nitrogens with one attached hydrogen (secondary N) is 1. The maximum absolute atomic E-state index is 11.8. The Morgan fingerprint density at radius 3 is 2.29 bits per heavy atom. The number of rotatable bonds is 8. The third-order valence-electron chi connectivity index (χ3n) is 2.98. The van der Waals surface area contributed by atoms with Crippen molar-refractivity contribution in [2.24, 2.45) is 0 Å². The fourth-order valence-electron chi connectivity index (χ4n) is 1.77. The van der Waals surface area contributed by atoms with Crippen molar-refractivity contribution in [3.05, 3.63) is 35.9 Å². The third kappa shape index (κ3) is 5.24. The number of aliphatic hydroxyl groups is 4. The summed E-state index contributed by atoms with van der Waals surface area (Å²) < 4.78 is 0. The van der Waals surface area contributed by atoms with Crippen molar-refractivity contribution in [3.8, 4) is 0 Å². The van der Waals surface area contributed by atoms with Crippen LogP contribution in [0.25, 0.3) is 0 Å². The predicted octanol–water partition coefficient (Wildman–Crippen LogP) is -2.01. The summed E-state index contributed by atoms with van der Waals surface area (Å²) in [6.07, 6.45) is -4.79. The van der Waals surface area contributed by atoms with E-state index in [9.17, 15) is 24.9 Å². The van der Waals surface area contributed by atoms with Gasteiger partial charge in [-0.05, 0) is 5.56 Å². The topological polar surface area (TPSA) is 127 Å². The van der Waals surface area contributed by atoms with Gasteiger partial charge in [0.25, 0.3) is 0 Å². The Bertz CT molecular complexity index is 452. The second kappa shape index (κ2) is 8.48. The number of aldehydes is 1. The van der Waals surface area contributed by atoms with Crippen molar-refractivity contribution in [3.63, 3.8) is 0 Å². The van der Waals surface area contributed by atoms with E-state index in [2.05, 4.69) is 5.32 Å². The lowest BCUT2D eigenvalue weighted by atomic mass is 10.0. The van der Waals surface area contributed by atoms with E-state index in [4.69, 9.17) is 5.11 Å². The molecule has 4 atom stereocenters. The zero-order valence-electron chi connectivity index (χ0n) is 11.3. The van der Waals surface area contributed by atoms with Crippen molar-refractivity contribution in [1.82, 2.24) is 5.32 Å². The van der Waals surface area contributed by atoms with Crippen LogP contribution in [0.1, 0.15) is 5.56 Å². The first-order valence-corrected chi connectivity index (χ1v) is 6.43. The largest absolute Gasteiger partial charge is 0.394 e. The van der Waals surface area contributed by atoms with Crippen molar-refractivity contribution < 1.29 is 30.0 Å². The minimum absolute atomic E-state index is 0.0105. The van der Waals surface area contributed by atoms with Gasteiger partial charge in [-0.25, -0.2) is 0 Å². The van der Waals surface area contributed by atoms with Gasteiger partial charge in [0, 0.05) is 0 Å². The Labute approximate surface area is 121 Å². The quantitative estimate of drug-likeness (QED) is 0.353. The number of amides is 1. The molecule has 0 saturated heterocycles. The number of benzene rings is 1. The van der Waals surface area contributed by atoms with E-state index in [1.807, 2.05) is 0 Å². The number of aliphatic hydroxyl groups excluding tert-OH is 4. The minimum atomic E-state index is -1.75. The summed E-state index contributed by atoms with van der Waals surface area (Å²) in [7, 11) is 0. The maximum atomic E-state index is 11.8. The van der Waals surface area contributed by atoms with Gasteiger partial charge in [0.05, 0.1) is 13.0 Å². The highest BCUT2D eigenvalue weighted by Gasteiger charge is 2.31. The summed E-state index contributed by atoms with van der Waals surface area (Å²) >= 11 is 0. The SMILES string of the molecule is O=C[C@@H](NC(=O)Cc1ccccc1)[C@@H](O)[C@H](O)[C@H](O)CO. The smallest absolute Gasteiger partial charge is 0.225 e. The molecule has 0 bridgehead atoms. The van der Waals surface area contributed by atoms with E-state index in [1.54, 1.807) is 30.3 Å². The molecule has 0 aromatic heterocycles. The van der Waals surface area contributed by atoms with Crippen LogP contribution < -0.4 is 5.32 Å². The van der Waals surface area contributed by atoms with Crippen molar-refractivity contribution in [2.75, 3.05) is 6.61 Å². The molecule has 0 radical (unpaired) electrons. The summed E-state index contributed by atoms with van der Waals surface area (Å²) in [5, 5.41) is 39.4. The Kier molecular flexibility index (Phi) is 6.97. The fraction of sp³-hybridized carbons (Fsp3) is 0.429. The number of carbonyl (C=O) groups excluding carboxylic acids is 2. The monoisotopic (exact) mass is 297 g/mol. The van der Waals surface area contributed by atoms with Crippen molar-refractivity contribution in [1.29, 1.82) is 0 Å². The molecule has 0 spiro atoms. The van der Waals surface area contributed by atoms with E-state index < -0.39 is 36.9 Å². The molecule has 0 aliphatic heterocycles. The average Bonchev–Trinajstić information content (AvgIpc) is 2.51. The Morgan fingerprint density at radius 1 is 1.14 bits per heavy atom. The first kappa shape index (κ1) is 17.3.